The molecular weight excluding hydrogens is 346 g/mol. The number of hydrogen-bond donors (Lipinski definition) is 1. The molecule has 5 nitrogen and oxygen atoms in total. The molecular formula is C17H18ClN3O2S. The molecule has 1 fully saturated rings. The van der Waals surface area contributed by atoms with Crippen molar-refractivity contribution in [2.24, 2.45) is 0 Å². The molecule has 1 aliphatic rings. The van der Waals surface area contributed by atoms with Crippen molar-refractivity contribution < 1.29 is 9.59 Å². The lowest BCUT2D eigenvalue weighted by molar-refractivity contribution is -0.114. The number of nitrogens with zero attached hydrogens (tertiary/aromatic N) is 2. The normalized spacial score (nSPS) is 14.6. The maximum Gasteiger partial charge on any atom is 0.264 e. The topological polar surface area (TPSA) is 52.7 Å². The Labute approximate surface area is 149 Å². The molecule has 7 heteroatoms. The second-order valence-electron chi connectivity index (χ2n) is 5.60. The van der Waals surface area contributed by atoms with Crippen LogP contribution in [0.1, 0.15) is 16.6 Å². The number of piperazine rings is 1. The van der Waals surface area contributed by atoms with E-state index in [-0.39, 0.29) is 11.8 Å². The van der Waals surface area contributed by atoms with Gasteiger partial charge in [0.05, 0.1) is 15.6 Å². The number of halogens is 1. The zero-order chi connectivity index (χ0) is 17.1. The predicted octanol–water partition coefficient (Wildman–Crippen LogP) is 3.32. The maximum atomic E-state index is 12.4. The number of thiophene rings is 1. The van der Waals surface area contributed by atoms with Crippen molar-refractivity contribution >= 4 is 46.1 Å². The van der Waals surface area contributed by atoms with E-state index in [0.717, 1.165) is 23.7 Å². The van der Waals surface area contributed by atoms with Crippen molar-refractivity contribution in [3.63, 3.8) is 0 Å². The summed E-state index contributed by atoms with van der Waals surface area (Å²) in [5.74, 6) is -0.0312. The summed E-state index contributed by atoms with van der Waals surface area (Å²) in [7, 11) is 0. The molecule has 2 amide bonds. The summed E-state index contributed by atoms with van der Waals surface area (Å²) >= 11 is 7.82. The number of anilines is 2. The number of nitrogens with one attached hydrogen (secondary N) is 1. The standard InChI is InChI=1S/C17H18ClN3O2S/c1-12(22)19-13-4-5-15(14(18)11-13)20-6-8-21(9-7-20)17(23)16-3-2-10-24-16/h2-5,10-11H,6-9H2,1H3,(H,19,22). The molecule has 0 spiro atoms. The summed E-state index contributed by atoms with van der Waals surface area (Å²) in [5, 5.41) is 5.23. The highest BCUT2D eigenvalue weighted by atomic mass is 35.5. The summed E-state index contributed by atoms with van der Waals surface area (Å²) in [4.78, 5) is 28.3. The van der Waals surface area contributed by atoms with E-state index in [9.17, 15) is 9.59 Å². The van der Waals surface area contributed by atoms with Gasteiger partial charge in [0.2, 0.25) is 5.91 Å². The summed E-state index contributed by atoms with van der Waals surface area (Å²) in [6, 6.07) is 9.25. The Balaban J connectivity index is 1.64. The van der Waals surface area contributed by atoms with Crippen LogP contribution in [0.25, 0.3) is 0 Å². The lowest BCUT2D eigenvalue weighted by atomic mass is 10.2. The van der Waals surface area contributed by atoms with Crippen molar-refractivity contribution in [2.75, 3.05) is 36.4 Å². The summed E-state index contributed by atoms with van der Waals surface area (Å²) < 4.78 is 0. The van der Waals surface area contributed by atoms with Crippen LogP contribution in [-0.2, 0) is 4.79 Å². The number of carbonyl (C=O) groups is 2. The first-order chi connectivity index (χ1) is 11.5. The van der Waals surface area contributed by atoms with Crippen molar-refractivity contribution in [2.45, 2.75) is 6.92 Å². The highest BCUT2D eigenvalue weighted by Gasteiger charge is 2.23. The average Bonchev–Trinajstić information content (AvgIpc) is 3.08. The molecule has 2 aromatic rings. The number of hydrogen-bond acceptors (Lipinski definition) is 4. The fourth-order valence-electron chi connectivity index (χ4n) is 2.75. The van der Waals surface area contributed by atoms with Gasteiger partial charge >= 0.3 is 0 Å². The number of rotatable bonds is 3. The van der Waals surface area contributed by atoms with Gasteiger partial charge in [0.15, 0.2) is 0 Å². The minimum Gasteiger partial charge on any atom is -0.367 e. The fraction of sp³-hybridized carbons (Fsp3) is 0.294. The van der Waals surface area contributed by atoms with Crippen LogP contribution in [0.15, 0.2) is 35.7 Å². The maximum absolute atomic E-state index is 12.4. The number of benzene rings is 1. The Kier molecular flexibility index (Phi) is 5.06. The summed E-state index contributed by atoms with van der Waals surface area (Å²) in [5.41, 5.74) is 1.61. The van der Waals surface area contributed by atoms with Crippen LogP contribution in [0.2, 0.25) is 5.02 Å². The molecule has 0 atom stereocenters. The zero-order valence-corrected chi connectivity index (χ0v) is 14.9. The Morgan fingerprint density at radius 3 is 2.50 bits per heavy atom. The SMILES string of the molecule is CC(=O)Nc1ccc(N2CCN(C(=O)c3cccs3)CC2)c(Cl)c1. The van der Waals surface area contributed by atoms with E-state index < -0.39 is 0 Å². The number of amides is 2. The first-order valence-electron chi connectivity index (χ1n) is 7.69. The second kappa shape index (κ2) is 7.23. The van der Waals surface area contributed by atoms with Crippen LogP contribution >= 0.6 is 22.9 Å². The average molecular weight is 364 g/mol. The monoisotopic (exact) mass is 363 g/mol. The highest BCUT2D eigenvalue weighted by molar-refractivity contribution is 7.12. The predicted molar refractivity (Wildman–Crippen MR) is 98.2 cm³/mol. The minimum atomic E-state index is -0.125. The van der Waals surface area contributed by atoms with Crippen molar-refractivity contribution in [1.29, 1.82) is 0 Å². The van der Waals surface area contributed by atoms with Gasteiger partial charge in [0.1, 0.15) is 0 Å². The fourth-order valence-corrected chi connectivity index (χ4v) is 3.74. The first-order valence-corrected chi connectivity index (χ1v) is 8.95. The molecule has 1 aliphatic heterocycles. The molecule has 0 bridgehead atoms. The molecule has 0 radical (unpaired) electrons. The first kappa shape index (κ1) is 16.8. The van der Waals surface area contributed by atoms with E-state index in [1.165, 1.54) is 18.3 Å². The Hall–Kier alpha value is -2.05. The van der Waals surface area contributed by atoms with Crippen molar-refractivity contribution in [3.8, 4) is 0 Å². The minimum absolute atomic E-state index is 0.0942. The highest BCUT2D eigenvalue weighted by Crippen LogP contribution is 2.30. The van der Waals surface area contributed by atoms with Crippen molar-refractivity contribution in [1.82, 2.24) is 4.90 Å². The van der Waals surface area contributed by atoms with E-state index in [4.69, 9.17) is 11.6 Å². The summed E-state index contributed by atoms with van der Waals surface area (Å²) in [6.45, 7) is 4.26. The van der Waals surface area contributed by atoms with E-state index in [1.54, 1.807) is 6.07 Å². The third-order valence-electron chi connectivity index (χ3n) is 3.91. The molecule has 24 heavy (non-hydrogen) atoms. The van der Waals surface area contributed by atoms with E-state index in [2.05, 4.69) is 10.2 Å². The molecule has 1 saturated heterocycles. The van der Waals surface area contributed by atoms with E-state index >= 15 is 0 Å². The molecule has 1 aromatic carbocycles. The smallest absolute Gasteiger partial charge is 0.264 e. The third kappa shape index (κ3) is 3.71. The molecule has 3 rings (SSSR count). The molecule has 0 aliphatic carbocycles. The summed E-state index contributed by atoms with van der Waals surface area (Å²) in [6.07, 6.45) is 0. The third-order valence-corrected chi connectivity index (χ3v) is 5.07. The van der Waals surface area contributed by atoms with Gasteiger partial charge in [-0.25, -0.2) is 0 Å². The van der Waals surface area contributed by atoms with E-state index in [1.807, 2.05) is 34.5 Å². The molecule has 1 aromatic heterocycles. The Morgan fingerprint density at radius 2 is 1.92 bits per heavy atom. The van der Waals surface area contributed by atoms with Crippen LogP contribution in [0.3, 0.4) is 0 Å². The van der Waals surface area contributed by atoms with Crippen molar-refractivity contribution in [3.05, 3.63) is 45.6 Å². The lowest BCUT2D eigenvalue weighted by Gasteiger charge is -2.36. The zero-order valence-electron chi connectivity index (χ0n) is 13.3. The van der Waals surface area contributed by atoms with Gasteiger partial charge in [-0.15, -0.1) is 11.3 Å². The van der Waals surface area contributed by atoms with Gasteiger partial charge in [-0.3, -0.25) is 9.59 Å². The molecule has 0 saturated carbocycles. The van der Waals surface area contributed by atoms with Crippen LogP contribution in [0.5, 0.6) is 0 Å². The van der Waals surface area contributed by atoms with Crippen LogP contribution < -0.4 is 10.2 Å². The van der Waals surface area contributed by atoms with Gasteiger partial charge in [0, 0.05) is 38.8 Å². The molecule has 2 heterocycles. The molecule has 126 valence electrons. The van der Waals surface area contributed by atoms with Gasteiger partial charge in [-0.1, -0.05) is 17.7 Å². The van der Waals surface area contributed by atoms with Crippen LogP contribution in [-0.4, -0.2) is 42.9 Å². The second-order valence-corrected chi connectivity index (χ2v) is 6.96. The van der Waals surface area contributed by atoms with Crippen LogP contribution in [0, 0.1) is 0 Å². The number of carbonyl (C=O) groups excluding carboxylic acids is 2. The molecule has 1 N–H and O–H groups in total. The Morgan fingerprint density at radius 1 is 1.17 bits per heavy atom. The lowest BCUT2D eigenvalue weighted by Crippen LogP contribution is -2.48. The Bertz CT molecular complexity index is 740. The van der Waals surface area contributed by atoms with Gasteiger partial charge in [-0.05, 0) is 29.6 Å². The van der Waals surface area contributed by atoms with Gasteiger partial charge < -0.3 is 15.1 Å². The molecule has 0 unspecified atom stereocenters. The van der Waals surface area contributed by atoms with Gasteiger partial charge in [-0.2, -0.15) is 0 Å². The largest absolute Gasteiger partial charge is 0.367 e. The van der Waals surface area contributed by atoms with Gasteiger partial charge in [0.25, 0.3) is 5.91 Å². The van der Waals surface area contributed by atoms with Crippen LogP contribution in [0.4, 0.5) is 11.4 Å². The quantitative estimate of drug-likeness (QED) is 0.910. The van der Waals surface area contributed by atoms with E-state index in [0.29, 0.717) is 23.8 Å².